The zero-order valence-corrected chi connectivity index (χ0v) is 17.5. The maximum absolute atomic E-state index is 13.0. The van der Waals surface area contributed by atoms with Crippen molar-refractivity contribution < 1.29 is 21.6 Å². The molecule has 1 aliphatic rings. The standard InChI is InChI=1S/C17H27N3O5S2/c1-4-19(5-2)26(22,23)15-8-10-16(11-9-15)27(24,25)20-12-14(17(18)21)7-6-13(20)3/h8-11,13-14H,4-7,12H2,1-3H3,(H2,18,21)/t13-,14+/m1/s1. The van der Waals surface area contributed by atoms with Crippen LogP contribution in [0.15, 0.2) is 34.1 Å². The average Bonchev–Trinajstić information content (AvgIpc) is 2.62. The number of hydrogen-bond acceptors (Lipinski definition) is 5. The highest BCUT2D eigenvalue weighted by Gasteiger charge is 2.37. The van der Waals surface area contributed by atoms with Gasteiger partial charge in [-0.05, 0) is 44.0 Å². The van der Waals surface area contributed by atoms with Crippen LogP contribution in [-0.2, 0) is 24.8 Å². The first-order valence-corrected chi connectivity index (χ1v) is 11.8. The predicted molar refractivity (Wildman–Crippen MR) is 102 cm³/mol. The number of piperidine rings is 1. The quantitative estimate of drug-likeness (QED) is 0.710. The van der Waals surface area contributed by atoms with Crippen molar-refractivity contribution in [2.45, 2.75) is 49.4 Å². The van der Waals surface area contributed by atoms with Crippen molar-refractivity contribution in [1.82, 2.24) is 8.61 Å². The van der Waals surface area contributed by atoms with Crippen molar-refractivity contribution in [3.63, 3.8) is 0 Å². The molecule has 8 nitrogen and oxygen atoms in total. The van der Waals surface area contributed by atoms with Crippen molar-refractivity contribution in [1.29, 1.82) is 0 Å². The molecule has 1 saturated heterocycles. The Labute approximate surface area is 161 Å². The molecule has 1 aromatic carbocycles. The van der Waals surface area contributed by atoms with Crippen molar-refractivity contribution in [3.05, 3.63) is 24.3 Å². The third-order valence-electron chi connectivity index (χ3n) is 5.00. The Morgan fingerprint density at radius 2 is 1.59 bits per heavy atom. The summed E-state index contributed by atoms with van der Waals surface area (Å²) >= 11 is 0. The van der Waals surface area contributed by atoms with E-state index in [9.17, 15) is 21.6 Å². The number of nitrogens with two attached hydrogens (primary N) is 1. The predicted octanol–water partition coefficient (Wildman–Crippen LogP) is 0.992. The Bertz CT molecular complexity index is 878. The zero-order valence-electron chi connectivity index (χ0n) is 15.8. The van der Waals surface area contributed by atoms with Crippen LogP contribution in [0.25, 0.3) is 0 Å². The van der Waals surface area contributed by atoms with E-state index in [0.29, 0.717) is 25.9 Å². The minimum absolute atomic E-state index is 0.00188. The van der Waals surface area contributed by atoms with Gasteiger partial charge in [-0.25, -0.2) is 16.8 Å². The highest BCUT2D eigenvalue weighted by Crippen LogP contribution is 2.29. The number of amides is 1. The molecule has 152 valence electrons. The van der Waals surface area contributed by atoms with Gasteiger partial charge in [-0.3, -0.25) is 4.79 Å². The first kappa shape index (κ1) is 21.8. The summed E-state index contributed by atoms with van der Waals surface area (Å²) in [5, 5.41) is 0. The molecule has 1 heterocycles. The summed E-state index contributed by atoms with van der Waals surface area (Å²) in [6.45, 7) is 5.98. The summed E-state index contributed by atoms with van der Waals surface area (Å²) in [4.78, 5) is 11.5. The zero-order chi connectivity index (χ0) is 20.4. The van der Waals surface area contributed by atoms with E-state index >= 15 is 0 Å². The summed E-state index contributed by atoms with van der Waals surface area (Å²) < 4.78 is 53.6. The van der Waals surface area contributed by atoms with E-state index in [0.717, 1.165) is 0 Å². The van der Waals surface area contributed by atoms with Crippen molar-refractivity contribution in [2.24, 2.45) is 11.7 Å². The summed E-state index contributed by atoms with van der Waals surface area (Å²) in [6.07, 6.45) is 1.10. The molecule has 0 spiro atoms. The molecule has 2 atom stereocenters. The topological polar surface area (TPSA) is 118 Å². The van der Waals surface area contributed by atoms with Crippen LogP contribution >= 0.6 is 0 Å². The Balaban J connectivity index is 2.33. The van der Waals surface area contributed by atoms with Gasteiger partial charge in [0, 0.05) is 25.7 Å². The number of hydrogen-bond donors (Lipinski definition) is 1. The van der Waals surface area contributed by atoms with Gasteiger partial charge < -0.3 is 5.73 Å². The minimum atomic E-state index is -3.85. The lowest BCUT2D eigenvalue weighted by Crippen LogP contribution is -2.48. The average molecular weight is 418 g/mol. The maximum atomic E-state index is 13.0. The van der Waals surface area contributed by atoms with E-state index in [1.54, 1.807) is 20.8 Å². The van der Waals surface area contributed by atoms with Gasteiger partial charge in [0.05, 0.1) is 15.7 Å². The van der Waals surface area contributed by atoms with Gasteiger partial charge in [-0.15, -0.1) is 0 Å². The third-order valence-corrected chi connectivity index (χ3v) is 9.06. The van der Waals surface area contributed by atoms with Crippen LogP contribution in [0.3, 0.4) is 0 Å². The third kappa shape index (κ3) is 4.34. The van der Waals surface area contributed by atoms with Gasteiger partial charge in [-0.2, -0.15) is 8.61 Å². The van der Waals surface area contributed by atoms with E-state index < -0.39 is 31.9 Å². The molecule has 0 bridgehead atoms. The second-order valence-electron chi connectivity index (χ2n) is 6.66. The molecule has 1 fully saturated rings. The Kier molecular flexibility index (Phi) is 6.67. The van der Waals surface area contributed by atoms with E-state index in [1.807, 2.05) is 0 Å². The lowest BCUT2D eigenvalue weighted by atomic mass is 9.95. The van der Waals surface area contributed by atoms with Crippen molar-refractivity contribution >= 4 is 26.0 Å². The molecular formula is C17H27N3O5S2. The fourth-order valence-electron chi connectivity index (χ4n) is 3.27. The smallest absolute Gasteiger partial charge is 0.243 e. The molecule has 1 aliphatic heterocycles. The molecule has 0 aliphatic carbocycles. The molecule has 2 rings (SSSR count). The SMILES string of the molecule is CCN(CC)S(=O)(=O)c1ccc(S(=O)(=O)N2C[C@@H](C(N)=O)CC[C@H]2C)cc1. The molecular weight excluding hydrogens is 390 g/mol. The molecule has 10 heteroatoms. The van der Waals surface area contributed by atoms with Crippen LogP contribution in [0, 0.1) is 5.92 Å². The summed E-state index contributed by atoms with van der Waals surface area (Å²) in [5.74, 6) is -1.03. The van der Waals surface area contributed by atoms with E-state index in [2.05, 4.69) is 0 Å². The molecule has 27 heavy (non-hydrogen) atoms. The van der Waals surface area contributed by atoms with Crippen LogP contribution in [0.2, 0.25) is 0 Å². The summed E-state index contributed by atoms with van der Waals surface area (Å²) in [6, 6.07) is 4.95. The number of nitrogens with zero attached hydrogens (tertiary/aromatic N) is 2. The molecule has 1 aromatic rings. The molecule has 0 saturated carbocycles. The normalized spacial score (nSPS) is 22.1. The van der Waals surface area contributed by atoms with E-state index in [-0.39, 0.29) is 22.4 Å². The summed E-state index contributed by atoms with van der Waals surface area (Å²) in [5.41, 5.74) is 5.35. The van der Waals surface area contributed by atoms with Gasteiger partial charge in [0.2, 0.25) is 26.0 Å². The summed E-state index contributed by atoms with van der Waals surface area (Å²) in [7, 11) is -7.51. The first-order chi connectivity index (χ1) is 12.6. The van der Waals surface area contributed by atoms with Gasteiger partial charge in [-0.1, -0.05) is 13.8 Å². The maximum Gasteiger partial charge on any atom is 0.243 e. The fraction of sp³-hybridized carbons (Fsp3) is 0.588. The van der Waals surface area contributed by atoms with Gasteiger partial charge in [0.25, 0.3) is 0 Å². The molecule has 1 amide bonds. The second-order valence-corrected chi connectivity index (χ2v) is 10.5. The molecule has 0 radical (unpaired) electrons. The van der Waals surface area contributed by atoms with Crippen molar-refractivity contribution in [2.75, 3.05) is 19.6 Å². The van der Waals surface area contributed by atoms with Gasteiger partial charge >= 0.3 is 0 Å². The van der Waals surface area contributed by atoms with Gasteiger partial charge in [0.1, 0.15) is 0 Å². The van der Waals surface area contributed by atoms with Crippen molar-refractivity contribution in [3.8, 4) is 0 Å². The second kappa shape index (κ2) is 8.26. The van der Waals surface area contributed by atoms with Crippen LogP contribution in [-0.4, -0.2) is 57.0 Å². The molecule has 0 aromatic heterocycles. The Morgan fingerprint density at radius 3 is 2.07 bits per heavy atom. The van der Waals surface area contributed by atoms with Crippen LogP contribution in [0.4, 0.5) is 0 Å². The number of sulfonamides is 2. The molecule has 2 N–H and O–H groups in total. The molecule has 0 unspecified atom stereocenters. The number of rotatable bonds is 7. The van der Waals surface area contributed by atoms with E-state index in [1.165, 1.54) is 32.9 Å². The van der Waals surface area contributed by atoms with Crippen LogP contribution < -0.4 is 5.73 Å². The monoisotopic (exact) mass is 417 g/mol. The first-order valence-electron chi connectivity index (χ1n) is 8.97. The number of benzene rings is 1. The van der Waals surface area contributed by atoms with Crippen LogP contribution in [0.5, 0.6) is 0 Å². The largest absolute Gasteiger partial charge is 0.369 e. The highest BCUT2D eigenvalue weighted by molar-refractivity contribution is 7.89. The fourth-order valence-corrected chi connectivity index (χ4v) is 6.44. The number of carbonyl (C=O) groups is 1. The Hall–Kier alpha value is -1.49. The lowest BCUT2D eigenvalue weighted by molar-refractivity contribution is -0.123. The Morgan fingerprint density at radius 1 is 1.07 bits per heavy atom. The van der Waals surface area contributed by atoms with Crippen LogP contribution in [0.1, 0.15) is 33.6 Å². The van der Waals surface area contributed by atoms with E-state index in [4.69, 9.17) is 5.73 Å². The highest BCUT2D eigenvalue weighted by atomic mass is 32.2. The number of primary amides is 1. The van der Waals surface area contributed by atoms with Gasteiger partial charge in [0.15, 0.2) is 0 Å². The lowest BCUT2D eigenvalue weighted by Gasteiger charge is -2.35. The minimum Gasteiger partial charge on any atom is -0.369 e. The number of carbonyl (C=O) groups excluding carboxylic acids is 1.